The molecule has 3 aliphatic rings. The highest BCUT2D eigenvalue weighted by molar-refractivity contribution is 7.99. The van der Waals surface area contributed by atoms with E-state index in [0.717, 1.165) is 24.2 Å². The lowest BCUT2D eigenvalue weighted by Crippen LogP contribution is -2.36. The van der Waals surface area contributed by atoms with Crippen LogP contribution in [-0.2, 0) is 14.3 Å². The molecule has 15 heteroatoms. The van der Waals surface area contributed by atoms with E-state index in [9.17, 15) is 18.0 Å². The first kappa shape index (κ1) is 28.9. The highest BCUT2D eigenvalue weighted by Crippen LogP contribution is 2.48. The molecule has 2 saturated carbocycles. The van der Waals surface area contributed by atoms with E-state index in [-0.39, 0.29) is 29.7 Å². The first-order chi connectivity index (χ1) is 20.0. The Balaban J connectivity index is 1.27. The second-order valence-corrected chi connectivity index (χ2v) is 12.3. The molecule has 3 heterocycles. The minimum atomic E-state index is -4.73. The Morgan fingerprint density at radius 3 is 2.60 bits per heavy atom. The van der Waals surface area contributed by atoms with E-state index in [1.807, 2.05) is 13.8 Å². The first-order valence-corrected chi connectivity index (χ1v) is 14.9. The Morgan fingerprint density at radius 1 is 1.17 bits per heavy atom. The molecule has 0 spiro atoms. The molecular formula is C27H32F3N7O4S. The van der Waals surface area contributed by atoms with Crippen molar-refractivity contribution in [2.75, 3.05) is 18.1 Å². The van der Waals surface area contributed by atoms with Crippen molar-refractivity contribution in [2.45, 2.75) is 87.5 Å². The fourth-order valence-corrected chi connectivity index (χ4v) is 6.54. The van der Waals surface area contributed by atoms with Crippen LogP contribution in [0.1, 0.15) is 57.6 Å². The van der Waals surface area contributed by atoms with Gasteiger partial charge in [-0.05, 0) is 50.8 Å². The molecule has 2 aliphatic carbocycles. The third-order valence-electron chi connectivity index (χ3n) is 7.72. The van der Waals surface area contributed by atoms with Gasteiger partial charge in [0.1, 0.15) is 18.0 Å². The summed E-state index contributed by atoms with van der Waals surface area (Å²) >= 11 is 1.53. The summed E-state index contributed by atoms with van der Waals surface area (Å²) in [5.74, 6) is -0.188. The van der Waals surface area contributed by atoms with E-state index in [1.165, 1.54) is 23.9 Å². The van der Waals surface area contributed by atoms with E-state index < -0.39 is 30.3 Å². The average molecular weight is 608 g/mol. The summed E-state index contributed by atoms with van der Waals surface area (Å²) in [5, 5.41) is 15.7. The van der Waals surface area contributed by atoms with Crippen LogP contribution < -0.4 is 15.4 Å². The van der Waals surface area contributed by atoms with E-state index in [2.05, 4.69) is 32.6 Å². The minimum absolute atomic E-state index is 0.00696. The SMILES string of the molecule is CCCSc1nc(NC2CC2c2ccc(OC(F)(F)F)cc2)c2nnn(C3CC(C(=O)NC)C4OC(C)(C)OC43)c2n1. The Labute approximate surface area is 244 Å². The second kappa shape index (κ2) is 10.8. The second-order valence-electron chi connectivity index (χ2n) is 11.2. The van der Waals surface area contributed by atoms with Gasteiger partial charge in [0.2, 0.25) is 5.91 Å². The molecule has 1 saturated heterocycles. The molecule has 6 rings (SSSR count). The van der Waals surface area contributed by atoms with Gasteiger partial charge >= 0.3 is 6.36 Å². The number of aromatic nitrogens is 5. The molecule has 1 aliphatic heterocycles. The maximum Gasteiger partial charge on any atom is 0.573 e. The fraction of sp³-hybridized carbons (Fsp3) is 0.593. The van der Waals surface area contributed by atoms with Crippen molar-refractivity contribution >= 4 is 34.7 Å². The quantitative estimate of drug-likeness (QED) is 0.267. The molecule has 6 unspecified atom stereocenters. The lowest BCUT2D eigenvalue weighted by Gasteiger charge is -2.23. The van der Waals surface area contributed by atoms with Gasteiger partial charge in [-0.25, -0.2) is 14.6 Å². The summed E-state index contributed by atoms with van der Waals surface area (Å²) < 4.78 is 55.7. The van der Waals surface area contributed by atoms with Crippen LogP contribution in [0, 0.1) is 5.92 Å². The van der Waals surface area contributed by atoms with Crippen LogP contribution in [0.4, 0.5) is 19.0 Å². The van der Waals surface area contributed by atoms with Crippen LogP contribution >= 0.6 is 11.8 Å². The molecule has 3 fully saturated rings. The predicted octanol–water partition coefficient (Wildman–Crippen LogP) is 4.42. The molecule has 1 aromatic carbocycles. The lowest BCUT2D eigenvalue weighted by atomic mass is 10.0. The summed E-state index contributed by atoms with van der Waals surface area (Å²) in [5.41, 5.74) is 1.93. The number of thioether (sulfide) groups is 1. The van der Waals surface area contributed by atoms with Crippen LogP contribution in [0.3, 0.4) is 0 Å². The van der Waals surface area contributed by atoms with Gasteiger partial charge in [0.25, 0.3) is 0 Å². The van der Waals surface area contributed by atoms with Gasteiger partial charge < -0.3 is 24.8 Å². The number of hydrogen-bond donors (Lipinski definition) is 2. The number of carbonyl (C=O) groups is 1. The molecule has 2 N–H and O–H groups in total. The number of halogens is 3. The number of nitrogens with zero attached hydrogens (tertiary/aromatic N) is 5. The van der Waals surface area contributed by atoms with Crippen LogP contribution in [0.5, 0.6) is 5.75 Å². The summed E-state index contributed by atoms with van der Waals surface area (Å²) in [4.78, 5) is 22.3. The number of rotatable bonds is 9. The topological polar surface area (TPSA) is 125 Å². The Kier molecular flexibility index (Phi) is 7.46. The predicted molar refractivity (Wildman–Crippen MR) is 147 cm³/mol. The summed E-state index contributed by atoms with van der Waals surface area (Å²) in [6, 6.07) is 5.61. The molecule has 1 amide bonds. The molecule has 226 valence electrons. The van der Waals surface area contributed by atoms with E-state index >= 15 is 0 Å². The van der Waals surface area contributed by atoms with Gasteiger partial charge in [0.05, 0.1) is 12.0 Å². The van der Waals surface area contributed by atoms with Crippen LogP contribution in [0.2, 0.25) is 0 Å². The first-order valence-electron chi connectivity index (χ1n) is 13.9. The maximum atomic E-state index is 12.7. The van der Waals surface area contributed by atoms with Crippen molar-refractivity contribution < 1.29 is 32.2 Å². The van der Waals surface area contributed by atoms with Crippen molar-refractivity contribution in [1.29, 1.82) is 0 Å². The van der Waals surface area contributed by atoms with Crippen molar-refractivity contribution in [1.82, 2.24) is 30.3 Å². The molecule has 0 bridgehead atoms. The third-order valence-corrected chi connectivity index (χ3v) is 8.78. The molecule has 3 aromatic rings. The molecule has 42 heavy (non-hydrogen) atoms. The van der Waals surface area contributed by atoms with Gasteiger partial charge in [-0.3, -0.25) is 4.79 Å². The number of anilines is 1. The molecule has 11 nitrogen and oxygen atoms in total. The number of amides is 1. The van der Waals surface area contributed by atoms with Crippen molar-refractivity contribution in [3.05, 3.63) is 29.8 Å². The molecule has 0 radical (unpaired) electrons. The standard InChI is InChI=1S/C27H32F3N7O4S/c1-5-10-42-25-33-22(32-17-11-15(17)13-6-8-14(9-7-13)39-27(28,29)30)19-23(34-25)37(36-35-19)18-12-16(24(38)31-4)20-21(18)41-26(2,3)40-20/h6-9,15-18,20-21H,5,10-12H2,1-4H3,(H,31,38)(H,32,33,34). The number of fused-ring (bicyclic) bond motifs is 2. The normalized spacial score (nSPS) is 28.1. The Morgan fingerprint density at radius 2 is 1.90 bits per heavy atom. The maximum absolute atomic E-state index is 12.7. The van der Waals surface area contributed by atoms with E-state index in [4.69, 9.17) is 19.4 Å². The zero-order chi connectivity index (χ0) is 29.8. The molecule has 2 aromatic heterocycles. The number of alkyl halides is 3. The Hall–Kier alpha value is -3.17. The van der Waals surface area contributed by atoms with E-state index in [0.29, 0.717) is 28.6 Å². The monoisotopic (exact) mass is 607 g/mol. The van der Waals surface area contributed by atoms with Crippen molar-refractivity contribution in [3.8, 4) is 5.75 Å². The summed E-state index contributed by atoms with van der Waals surface area (Å²) in [7, 11) is 1.61. The van der Waals surface area contributed by atoms with Gasteiger partial charge in [-0.1, -0.05) is 36.0 Å². The number of ether oxygens (including phenoxy) is 3. The van der Waals surface area contributed by atoms with Gasteiger partial charge in [0.15, 0.2) is 27.9 Å². The van der Waals surface area contributed by atoms with Crippen LogP contribution in [0.25, 0.3) is 11.2 Å². The van der Waals surface area contributed by atoms with Gasteiger partial charge in [-0.2, -0.15) is 0 Å². The lowest BCUT2D eigenvalue weighted by molar-refractivity contribution is -0.274. The van der Waals surface area contributed by atoms with Crippen LogP contribution in [0.15, 0.2) is 29.4 Å². The smallest absolute Gasteiger partial charge is 0.406 e. The zero-order valence-electron chi connectivity index (χ0n) is 23.5. The number of carbonyl (C=O) groups excluding carboxylic acids is 1. The number of hydrogen-bond acceptors (Lipinski definition) is 10. The zero-order valence-corrected chi connectivity index (χ0v) is 24.3. The highest BCUT2D eigenvalue weighted by atomic mass is 32.2. The fourth-order valence-electron chi connectivity index (χ4n) is 5.84. The number of nitrogens with one attached hydrogen (secondary N) is 2. The van der Waals surface area contributed by atoms with Crippen LogP contribution in [-0.4, -0.2) is 74.1 Å². The minimum Gasteiger partial charge on any atom is -0.406 e. The van der Waals surface area contributed by atoms with Crippen molar-refractivity contribution in [3.63, 3.8) is 0 Å². The largest absolute Gasteiger partial charge is 0.573 e. The number of benzene rings is 1. The third kappa shape index (κ3) is 5.73. The molecule has 6 atom stereocenters. The molecular weight excluding hydrogens is 575 g/mol. The van der Waals surface area contributed by atoms with Crippen molar-refractivity contribution in [2.24, 2.45) is 5.92 Å². The Bertz CT molecular complexity index is 1470. The highest BCUT2D eigenvalue weighted by Gasteiger charge is 2.57. The summed E-state index contributed by atoms with van der Waals surface area (Å²) in [6.45, 7) is 5.73. The summed E-state index contributed by atoms with van der Waals surface area (Å²) in [6.07, 6.45) is -3.42. The average Bonchev–Trinajstić information content (AvgIpc) is 3.25. The van der Waals surface area contributed by atoms with E-state index in [1.54, 1.807) is 23.9 Å². The van der Waals surface area contributed by atoms with Gasteiger partial charge in [0, 0.05) is 24.8 Å². The van der Waals surface area contributed by atoms with Gasteiger partial charge in [-0.15, -0.1) is 18.3 Å².